The highest BCUT2D eigenvalue weighted by molar-refractivity contribution is 5.39. The molecule has 0 radical (unpaired) electrons. The van der Waals surface area contributed by atoms with Crippen LogP contribution in [0.25, 0.3) is 0 Å². The summed E-state index contributed by atoms with van der Waals surface area (Å²) in [6.45, 7) is 11.3. The van der Waals surface area contributed by atoms with Crippen molar-refractivity contribution in [2.45, 2.75) is 65.2 Å². The number of pyridine rings is 1. The Bertz CT molecular complexity index is 397. The predicted molar refractivity (Wildman–Crippen MR) is 69.1 cm³/mol. The van der Waals surface area contributed by atoms with Gasteiger partial charge < -0.3 is 0 Å². The molecule has 0 unspecified atom stereocenters. The smallest absolute Gasteiger partial charge is 0.0463 e. The van der Waals surface area contributed by atoms with Crippen molar-refractivity contribution in [3.8, 4) is 0 Å². The molecule has 0 N–H and O–H groups in total. The average Bonchev–Trinajstić information content (AvgIpc) is 2.61. The first kappa shape index (κ1) is 11.6. The Morgan fingerprint density at radius 1 is 1.19 bits per heavy atom. The molecule has 1 aromatic heterocycles. The molecule has 16 heavy (non-hydrogen) atoms. The largest absolute Gasteiger partial charge is 0.257 e. The number of aromatic nitrogens is 1. The van der Waals surface area contributed by atoms with E-state index in [1.807, 2.05) is 0 Å². The van der Waals surface area contributed by atoms with Gasteiger partial charge in [-0.15, -0.1) is 0 Å². The second kappa shape index (κ2) is 3.87. The molecule has 88 valence electrons. The Morgan fingerprint density at radius 2 is 1.88 bits per heavy atom. The van der Waals surface area contributed by atoms with E-state index in [2.05, 4.69) is 40.7 Å². The van der Waals surface area contributed by atoms with Gasteiger partial charge in [-0.2, -0.15) is 0 Å². The Hall–Kier alpha value is -0.850. The molecule has 0 aliphatic heterocycles. The lowest BCUT2D eigenvalue weighted by Gasteiger charge is -2.22. The maximum atomic E-state index is 4.87. The predicted octanol–water partition coefficient (Wildman–Crippen LogP) is 3.99. The van der Waals surface area contributed by atoms with Crippen molar-refractivity contribution in [3.63, 3.8) is 0 Å². The monoisotopic (exact) mass is 217 g/mol. The van der Waals surface area contributed by atoms with Gasteiger partial charge in [-0.05, 0) is 42.4 Å². The standard InChI is InChI=1S/C15H23N/c1-10(2)12-9-14(15(3,4)5)16-13-8-6-7-11(12)13/h9-10H,6-8H2,1-5H3. The van der Waals surface area contributed by atoms with Crippen LogP contribution in [-0.2, 0) is 18.3 Å². The van der Waals surface area contributed by atoms with Crippen molar-refractivity contribution in [2.75, 3.05) is 0 Å². The number of aryl methyl sites for hydroxylation is 1. The van der Waals surface area contributed by atoms with Crippen molar-refractivity contribution in [3.05, 3.63) is 28.6 Å². The number of fused-ring (bicyclic) bond motifs is 1. The molecule has 1 aliphatic carbocycles. The van der Waals surface area contributed by atoms with E-state index in [9.17, 15) is 0 Å². The van der Waals surface area contributed by atoms with Crippen LogP contribution in [-0.4, -0.2) is 4.98 Å². The molecule has 0 amide bonds. The van der Waals surface area contributed by atoms with Crippen molar-refractivity contribution in [2.24, 2.45) is 0 Å². The second-order valence-corrected chi connectivity index (χ2v) is 6.28. The Balaban J connectivity index is 2.56. The molecule has 1 heteroatoms. The number of hydrogen-bond donors (Lipinski definition) is 0. The average molecular weight is 217 g/mol. The first-order valence-corrected chi connectivity index (χ1v) is 6.43. The normalized spacial score (nSPS) is 15.6. The van der Waals surface area contributed by atoms with Gasteiger partial charge in [-0.3, -0.25) is 4.98 Å². The van der Waals surface area contributed by atoms with E-state index in [0.29, 0.717) is 5.92 Å². The number of hydrogen-bond acceptors (Lipinski definition) is 1. The summed E-state index contributed by atoms with van der Waals surface area (Å²) in [7, 11) is 0. The fourth-order valence-corrected chi connectivity index (χ4v) is 2.47. The lowest BCUT2D eigenvalue weighted by molar-refractivity contribution is 0.563. The van der Waals surface area contributed by atoms with Crippen LogP contribution in [0.1, 0.15) is 69.5 Å². The van der Waals surface area contributed by atoms with Gasteiger partial charge in [0.25, 0.3) is 0 Å². The third-order valence-electron chi connectivity index (χ3n) is 3.48. The molecular weight excluding hydrogens is 194 g/mol. The van der Waals surface area contributed by atoms with Crippen LogP contribution in [0, 0.1) is 0 Å². The molecule has 1 aliphatic rings. The molecule has 0 bridgehead atoms. The van der Waals surface area contributed by atoms with Gasteiger partial charge >= 0.3 is 0 Å². The van der Waals surface area contributed by atoms with Gasteiger partial charge in [-0.1, -0.05) is 34.6 Å². The molecule has 2 rings (SSSR count). The van der Waals surface area contributed by atoms with E-state index in [0.717, 1.165) is 0 Å². The van der Waals surface area contributed by atoms with Crippen LogP contribution in [0.15, 0.2) is 6.07 Å². The summed E-state index contributed by atoms with van der Waals surface area (Å²) in [5.74, 6) is 0.621. The van der Waals surface area contributed by atoms with Gasteiger partial charge in [0.2, 0.25) is 0 Å². The van der Waals surface area contributed by atoms with Crippen LogP contribution >= 0.6 is 0 Å². The summed E-state index contributed by atoms with van der Waals surface area (Å²) in [5, 5.41) is 0. The third kappa shape index (κ3) is 2.00. The summed E-state index contributed by atoms with van der Waals surface area (Å²) in [6, 6.07) is 2.34. The fourth-order valence-electron chi connectivity index (χ4n) is 2.47. The minimum Gasteiger partial charge on any atom is -0.257 e. The van der Waals surface area contributed by atoms with Gasteiger partial charge in [0.1, 0.15) is 0 Å². The third-order valence-corrected chi connectivity index (χ3v) is 3.48. The van der Waals surface area contributed by atoms with Crippen LogP contribution in [0.2, 0.25) is 0 Å². The van der Waals surface area contributed by atoms with Gasteiger partial charge in [0.15, 0.2) is 0 Å². The maximum Gasteiger partial charge on any atom is 0.0463 e. The lowest BCUT2D eigenvalue weighted by Crippen LogP contribution is -2.16. The topological polar surface area (TPSA) is 12.9 Å². The van der Waals surface area contributed by atoms with Crippen LogP contribution in [0.3, 0.4) is 0 Å². The number of rotatable bonds is 1. The van der Waals surface area contributed by atoms with E-state index in [1.165, 1.54) is 36.2 Å². The fraction of sp³-hybridized carbons (Fsp3) is 0.667. The van der Waals surface area contributed by atoms with Gasteiger partial charge in [-0.25, -0.2) is 0 Å². The minimum atomic E-state index is 0.168. The summed E-state index contributed by atoms with van der Waals surface area (Å²) in [5.41, 5.74) is 5.88. The molecule has 0 saturated carbocycles. The Kier molecular flexibility index (Phi) is 2.81. The zero-order valence-corrected chi connectivity index (χ0v) is 11.2. The van der Waals surface area contributed by atoms with Crippen molar-refractivity contribution < 1.29 is 0 Å². The summed E-state index contributed by atoms with van der Waals surface area (Å²) in [4.78, 5) is 4.87. The van der Waals surface area contributed by atoms with E-state index in [-0.39, 0.29) is 5.41 Å². The van der Waals surface area contributed by atoms with Crippen LogP contribution in [0.5, 0.6) is 0 Å². The molecule has 0 aromatic carbocycles. The lowest BCUT2D eigenvalue weighted by atomic mass is 9.87. The zero-order valence-electron chi connectivity index (χ0n) is 11.2. The Labute approximate surface area is 99.3 Å². The number of nitrogens with zero attached hydrogens (tertiary/aromatic N) is 1. The van der Waals surface area contributed by atoms with Crippen molar-refractivity contribution >= 4 is 0 Å². The molecule has 1 heterocycles. The first-order chi connectivity index (χ1) is 7.39. The quantitative estimate of drug-likeness (QED) is 0.693. The highest BCUT2D eigenvalue weighted by Crippen LogP contribution is 2.32. The minimum absolute atomic E-state index is 0.168. The van der Waals surface area contributed by atoms with Gasteiger partial charge in [0.05, 0.1) is 0 Å². The van der Waals surface area contributed by atoms with E-state index < -0.39 is 0 Å². The maximum absolute atomic E-state index is 4.87. The molecule has 0 atom stereocenters. The van der Waals surface area contributed by atoms with Crippen molar-refractivity contribution in [1.82, 2.24) is 4.98 Å². The Morgan fingerprint density at radius 3 is 2.44 bits per heavy atom. The first-order valence-electron chi connectivity index (χ1n) is 6.43. The highest BCUT2D eigenvalue weighted by Gasteiger charge is 2.23. The summed E-state index contributed by atoms with van der Waals surface area (Å²) < 4.78 is 0. The van der Waals surface area contributed by atoms with Crippen LogP contribution < -0.4 is 0 Å². The molecule has 1 aromatic rings. The molecule has 0 spiro atoms. The second-order valence-electron chi connectivity index (χ2n) is 6.28. The van der Waals surface area contributed by atoms with E-state index >= 15 is 0 Å². The molecular formula is C15H23N. The van der Waals surface area contributed by atoms with E-state index in [1.54, 1.807) is 5.56 Å². The van der Waals surface area contributed by atoms with Crippen molar-refractivity contribution in [1.29, 1.82) is 0 Å². The van der Waals surface area contributed by atoms with Crippen LogP contribution in [0.4, 0.5) is 0 Å². The molecule has 0 saturated heterocycles. The highest BCUT2D eigenvalue weighted by atomic mass is 14.7. The SMILES string of the molecule is CC(C)c1cc(C(C)(C)C)nc2c1CCC2. The molecule has 0 fully saturated rings. The van der Waals surface area contributed by atoms with E-state index in [4.69, 9.17) is 4.98 Å². The van der Waals surface area contributed by atoms with Gasteiger partial charge in [0, 0.05) is 16.8 Å². The zero-order chi connectivity index (χ0) is 11.9. The molecule has 1 nitrogen and oxygen atoms in total. The summed E-state index contributed by atoms with van der Waals surface area (Å²) in [6.07, 6.45) is 3.70. The summed E-state index contributed by atoms with van der Waals surface area (Å²) >= 11 is 0.